The number of nitrogens with one attached hydrogen (secondary N) is 2. The minimum absolute atomic E-state index is 0.0768. The van der Waals surface area contributed by atoms with Crippen LogP contribution in [0.1, 0.15) is 19.3 Å². The van der Waals surface area contributed by atoms with Crippen LogP contribution < -0.4 is 10.2 Å². The van der Waals surface area contributed by atoms with Gasteiger partial charge in [0.2, 0.25) is 0 Å². The number of H-pyrrole nitrogens is 1. The number of piperidine rings is 1. The fraction of sp³-hybridized carbons (Fsp3) is 0.400. The third-order valence-electron chi connectivity index (χ3n) is 6.01. The average Bonchev–Trinajstić information content (AvgIpc) is 3.36. The fourth-order valence-electron chi connectivity index (χ4n) is 4.38. The molecule has 3 N–H and O–H groups in total. The zero-order valence-electron chi connectivity index (χ0n) is 16.0. The van der Waals surface area contributed by atoms with E-state index >= 15 is 0 Å². The standard InChI is InChI=1S/C20H22FN7O/c1-28(14-5-13-6-16(21)17(7-14)25-13)19-10-22-20(27-26-19)15-3-2-11(4-18(15)29)12-8-23-24-9-12/h2-4,8-10,13-14,16-17,25,29H,5-7H2,1H3,(H,23,24)/t13-,14-,16+,17-/m1/s1. The van der Waals surface area contributed by atoms with E-state index in [4.69, 9.17) is 0 Å². The van der Waals surface area contributed by atoms with E-state index in [0.717, 1.165) is 24.0 Å². The predicted octanol–water partition coefficient (Wildman–Crippen LogP) is 2.30. The molecular weight excluding hydrogens is 373 g/mol. The lowest BCUT2D eigenvalue weighted by molar-refractivity contribution is 0.274. The van der Waals surface area contributed by atoms with Crippen LogP contribution in [0, 0.1) is 0 Å². The summed E-state index contributed by atoms with van der Waals surface area (Å²) >= 11 is 0. The van der Waals surface area contributed by atoms with Crippen LogP contribution in [-0.4, -0.2) is 61.8 Å². The molecule has 2 aromatic heterocycles. The Morgan fingerprint density at radius 2 is 2.03 bits per heavy atom. The van der Waals surface area contributed by atoms with Crippen LogP contribution in [0.2, 0.25) is 0 Å². The number of fused-ring (bicyclic) bond motifs is 2. The molecule has 29 heavy (non-hydrogen) atoms. The second-order valence-corrected chi connectivity index (χ2v) is 7.82. The van der Waals surface area contributed by atoms with E-state index in [2.05, 4.69) is 30.7 Å². The largest absolute Gasteiger partial charge is 0.507 e. The number of alkyl halides is 1. The molecular formula is C20H22FN7O. The van der Waals surface area contributed by atoms with Gasteiger partial charge >= 0.3 is 0 Å². The van der Waals surface area contributed by atoms with Gasteiger partial charge in [0.05, 0.1) is 18.0 Å². The van der Waals surface area contributed by atoms with E-state index in [1.54, 1.807) is 30.7 Å². The van der Waals surface area contributed by atoms with Crippen molar-refractivity contribution in [2.24, 2.45) is 0 Å². The molecule has 3 aromatic rings. The highest BCUT2D eigenvalue weighted by atomic mass is 19.1. The van der Waals surface area contributed by atoms with Crippen LogP contribution in [0.4, 0.5) is 10.2 Å². The number of anilines is 1. The van der Waals surface area contributed by atoms with Gasteiger partial charge in [-0.2, -0.15) is 5.10 Å². The first-order valence-corrected chi connectivity index (χ1v) is 9.73. The summed E-state index contributed by atoms with van der Waals surface area (Å²) in [6, 6.07) is 5.65. The third kappa shape index (κ3) is 3.31. The van der Waals surface area contributed by atoms with Gasteiger partial charge in [0, 0.05) is 36.9 Å². The van der Waals surface area contributed by atoms with Crippen molar-refractivity contribution in [3.8, 4) is 28.3 Å². The van der Waals surface area contributed by atoms with Crippen molar-refractivity contribution in [3.05, 3.63) is 36.8 Å². The second-order valence-electron chi connectivity index (χ2n) is 7.82. The Kier molecular flexibility index (Phi) is 4.39. The van der Waals surface area contributed by atoms with Crippen molar-refractivity contribution < 1.29 is 9.50 Å². The molecule has 2 bridgehead atoms. The molecule has 5 rings (SSSR count). The summed E-state index contributed by atoms with van der Waals surface area (Å²) < 4.78 is 14.0. The molecule has 0 saturated carbocycles. The predicted molar refractivity (Wildman–Crippen MR) is 106 cm³/mol. The molecule has 150 valence electrons. The van der Waals surface area contributed by atoms with Gasteiger partial charge in [-0.05, 0) is 37.0 Å². The number of aromatic nitrogens is 5. The van der Waals surface area contributed by atoms with Gasteiger partial charge in [-0.15, -0.1) is 10.2 Å². The Bertz CT molecular complexity index is 993. The summed E-state index contributed by atoms with van der Waals surface area (Å²) in [5.74, 6) is 1.08. The first-order chi connectivity index (χ1) is 14.1. The molecule has 0 spiro atoms. The maximum absolute atomic E-state index is 14.0. The van der Waals surface area contributed by atoms with E-state index in [-0.39, 0.29) is 23.9 Å². The second kappa shape index (κ2) is 7.07. The molecule has 2 saturated heterocycles. The molecule has 8 nitrogen and oxygen atoms in total. The molecule has 4 atom stereocenters. The van der Waals surface area contributed by atoms with Crippen molar-refractivity contribution in [2.75, 3.05) is 11.9 Å². The quantitative estimate of drug-likeness (QED) is 0.623. The molecule has 9 heteroatoms. The average molecular weight is 395 g/mol. The lowest BCUT2D eigenvalue weighted by Crippen LogP contribution is -2.48. The molecule has 0 unspecified atom stereocenters. The van der Waals surface area contributed by atoms with E-state index in [1.807, 2.05) is 18.0 Å². The Labute approximate surface area is 167 Å². The molecule has 0 radical (unpaired) electrons. The van der Waals surface area contributed by atoms with E-state index in [1.165, 1.54) is 0 Å². The van der Waals surface area contributed by atoms with Gasteiger partial charge in [0.15, 0.2) is 11.6 Å². The molecule has 0 aliphatic carbocycles. The third-order valence-corrected chi connectivity index (χ3v) is 6.01. The van der Waals surface area contributed by atoms with Gasteiger partial charge in [0.1, 0.15) is 11.9 Å². The Morgan fingerprint density at radius 3 is 2.72 bits per heavy atom. The number of benzene rings is 1. The Hall–Kier alpha value is -3.07. The minimum Gasteiger partial charge on any atom is -0.507 e. The summed E-state index contributed by atoms with van der Waals surface area (Å²) in [5, 5.41) is 29.0. The van der Waals surface area contributed by atoms with Crippen LogP contribution in [0.5, 0.6) is 5.75 Å². The van der Waals surface area contributed by atoms with Gasteiger partial charge in [-0.1, -0.05) is 6.07 Å². The number of hydrogen-bond acceptors (Lipinski definition) is 7. The molecule has 2 aliphatic heterocycles. The maximum Gasteiger partial charge on any atom is 0.185 e. The SMILES string of the molecule is CN(c1cnc(-c2ccc(-c3cn[nH]c3)cc2O)nn1)[C@@H]1C[C@@H]2C[C@H](F)[C@@H](C1)N2. The van der Waals surface area contributed by atoms with Crippen LogP contribution >= 0.6 is 0 Å². The first-order valence-electron chi connectivity index (χ1n) is 9.73. The molecule has 4 heterocycles. The van der Waals surface area contributed by atoms with Crippen molar-refractivity contribution in [3.63, 3.8) is 0 Å². The van der Waals surface area contributed by atoms with Crippen molar-refractivity contribution in [1.29, 1.82) is 0 Å². The fourth-order valence-corrected chi connectivity index (χ4v) is 4.38. The van der Waals surface area contributed by atoms with Gasteiger partial charge < -0.3 is 15.3 Å². The maximum atomic E-state index is 14.0. The summed E-state index contributed by atoms with van der Waals surface area (Å²) in [6.07, 6.45) is 6.55. The zero-order chi connectivity index (χ0) is 20.0. The summed E-state index contributed by atoms with van der Waals surface area (Å²) in [5.41, 5.74) is 2.24. The smallest absolute Gasteiger partial charge is 0.185 e. The highest BCUT2D eigenvalue weighted by Crippen LogP contribution is 2.34. The van der Waals surface area contributed by atoms with Gasteiger partial charge in [-0.25, -0.2) is 9.37 Å². The number of phenols is 1. The van der Waals surface area contributed by atoms with Gasteiger partial charge in [-0.3, -0.25) is 5.10 Å². The van der Waals surface area contributed by atoms with Crippen LogP contribution in [0.15, 0.2) is 36.8 Å². The van der Waals surface area contributed by atoms with Crippen LogP contribution in [0.25, 0.3) is 22.5 Å². The molecule has 0 amide bonds. The lowest BCUT2D eigenvalue weighted by atomic mass is 9.98. The summed E-state index contributed by atoms with van der Waals surface area (Å²) in [4.78, 5) is 6.44. The van der Waals surface area contributed by atoms with E-state index in [0.29, 0.717) is 23.6 Å². The normalized spacial score (nSPS) is 25.9. The van der Waals surface area contributed by atoms with E-state index in [9.17, 15) is 9.50 Å². The Morgan fingerprint density at radius 1 is 1.14 bits per heavy atom. The monoisotopic (exact) mass is 395 g/mol. The zero-order valence-corrected chi connectivity index (χ0v) is 16.0. The number of aromatic hydroxyl groups is 1. The topological polar surface area (TPSA) is 103 Å². The minimum atomic E-state index is -0.766. The van der Waals surface area contributed by atoms with Crippen molar-refractivity contribution in [1.82, 2.24) is 30.7 Å². The molecule has 1 aromatic carbocycles. The van der Waals surface area contributed by atoms with Crippen LogP contribution in [-0.2, 0) is 0 Å². The number of aromatic amines is 1. The molecule has 2 aliphatic rings. The van der Waals surface area contributed by atoms with Crippen LogP contribution in [0.3, 0.4) is 0 Å². The van der Waals surface area contributed by atoms with Crippen molar-refractivity contribution in [2.45, 2.75) is 43.6 Å². The number of phenolic OH excluding ortho intramolecular Hbond substituents is 1. The highest BCUT2D eigenvalue weighted by Gasteiger charge is 2.42. The number of nitrogens with zero attached hydrogens (tertiary/aromatic N) is 5. The lowest BCUT2D eigenvalue weighted by Gasteiger charge is -2.35. The first kappa shape index (κ1) is 18.0. The number of hydrogen-bond donors (Lipinski definition) is 3. The Balaban J connectivity index is 1.34. The summed E-state index contributed by atoms with van der Waals surface area (Å²) in [7, 11) is 1.95. The number of halogens is 1. The van der Waals surface area contributed by atoms with Gasteiger partial charge in [0.25, 0.3) is 0 Å². The highest BCUT2D eigenvalue weighted by molar-refractivity contribution is 5.72. The summed E-state index contributed by atoms with van der Waals surface area (Å²) in [6.45, 7) is 0. The molecule has 2 fully saturated rings. The van der Waals surface area contributed by atoms with E-state index < -0.39 is 6.17 Å². The number of rotatable bonds is 4. The van der Waals surface area contributed by atoms with Crippen molar-refractivity contribution >= 4 is 5.82 Å².